The number of nitrogens with one attached hydrogen (secondary N) is 2. The number of carbonyl (C=O) groups excluding carboxylic acids is 2. The summed E-state index contributed by atoms with van der Waals surface area (Å²) in [4.78, 5) is 32.2. The van der Waals surface area contributed by atoms with Crippen LogP contribution in [0, 0.1) is 0 Å². The zero-order chi connectivity index (χ0) is 19.2. The van der Waals surface area contributed by atoms with Gasteiger partial charge in [0.1, 0.15) is 5.75 Å². The number of carbonyl (C=O) groups is 2. The van der Waals surface area contributed by atoms with Crippen LogP contribution >= 0.6 is 0 Å². The first kappa shape index (κ1) is 18.4. The SMILES string of the molecule is CCCNC(=O)Nc1ccc(OCCC)c(C2=NC(=O)C3=NN=NC3=N2)c1. The van der Waals surface area contributed by atoms with Crippen molar-refractivity contribution in [3.8, 4) is 5.75 Å². The van der Waals surface area contributed by atoms with Gasteiger partial charge in [-0.15, -0.1) is 10.2 Å². The Morgan fingerprint density at radius 1 is 1.15 bits per heavy atom. The number of ether oxygens (including phenoxy) is 1. The van der Waals surface area contributed by atoms with Gasteiger partial charge in [0, 0.05) is 12.2 Å². The monoisotopic (exact) mass is 369 g/mol. The molecule has 0 fully saturated rings. The highest BCUT2D eigenvalue weighted by Crippen LogP contribution is 2.26. The largest absolute Gasteiger partial charge is 0.493 e. The molecule has 0 spiro atoms. The molecule has 10 heteroatoms. The van der Waals surface area contributed by atoms with Gasteiger partial charge in [-0.3, -0.25) is 4.79 Å². The van der Waals surface area contributed by atoms with Crippen molar-refractivity contribution in [2.24, 2.45) is 25.4 Å². The van der Waals surface area contributed by atoms with Gasteiger partial charge < -0.3 is 15.4 Å². The van der Waals surface area contributed by atoms with Crippen LogP contribution in [0.1, 0.15) is 32.3 Å². The van der Waals surface area contributed by atoms with Gasteiger partial charge in [0.15, 0.2) is 5.84 Å². The molecule has 0 atom stereocenters. The molecule has 2 N–H and O–H groups in total. The molecule has 3 rings (SSSR count). The number of fused-ring (bicyclic) bond motifs is 1. The summed E-state index contributed by atoms with van der Waals surface area (Å²) in [7, 11) is 0. The quantitative estimate of drug-likeness (QED) is 0.766. The average molecular weight is 369 g/mol. The molecule has 0 aliphatic carbocycles. The molecule has 0 aromatic heterocycles. The lowest BCUT2D eigenvalue weighted by Gasteiger charge is -2.15. The Kier molecular flexibility index (Phi) is 5.64. The summed E-state index contributed by atoms with van der Waals surface area (Å²) in [5.41, 5.74) is 1.01. The van der Waals surface area contributed by atoms with Crippen LogP contribution in [-0.4, -0.2) is 42.5 Å². The number of anilines is 1. The number of nitrogens with zero attached hydrogens (tertiary/aromatic N) is 5. The van der Waals surface area contributed by atoms with Crippen LogP contribution in [-0.2, 0) is 4.79 Å². The lowest BCUT2D eigenvalue weighted by molar-refractivity contribution is -0.111. The molecular weight excluding hydrogens is 350 g/mol. The molecule has 2 aliphatic rings. The van der Waals surface area contributed by atoms with Crippen LogP contribution in [0.15, 0.2) is 43.6 Å². The first-order valence-corrected chi connectivity index (χ1v) is 8.65. The normalized spacial score (nSPS) is 14.9. The van der Waals surface area contributed by atoms with Gasteiger partial charge in [0.25, 0.3) is 0 Å². The predicted molar refractivity (Wildman–Crippen MR) is 101 cm³/mol. The number of amidine groups is 2. The standard InChI is InChI=1S/C17H19N7O3/c1-3-7-18-17(26)19-10-5-6-12(27-8-4-2)11(9-10)14-20-15-13(16(25)21-14)22-24-23-15/h5-6,9H,3-4,7-8H2,1-2H3,(H2,18,19,26). The molecule has 140 valence electrons. The summed E-state index contributed by atoms with van der Waals surface area (Å²) in [6.45, 7) is 5.00. The summed E-state index contributed by atoms with van der Waals surface area (Å²) >= 11 is 0. The summed E-state index contributed by atoms with van der Waals surface area (Å²) < 4.78 is 5.74. The molecule has 2 heterocycles. The molecule has 1 aromatic carbocycles. The number of urea groups is 1. The third-order valence-corrected chi connectivity index (χ3v) is 3.59. The van der Waals surface area contributed by atoms with E-state index in [2.05, 4.69) is 36.1 Å². The fraction of sp³-hybridized carbons (Fsp3) is 0.353. The van der Waals surface area contributed by atoms with Crippen molar-refractivity contribution >= 4 is 35.0 Å². The topological polar surface area (TPSA) is 129 Å². The lowest BCUT2D eigenvalue weighted by Crippen LogP contribution is -2.29. The minimum absolute atomic E-state index is 0.0167. The second-order valence-electron chi connectivity index (χ2n) is 5.75. The van der Waals surface area contributed by atoms with Gasteiger partial charge in [0.05, 0.1) is 12.2 Å². The van der Waals surface area contributed by atoms with Crippen LogP contribution < -0.4 is 15.4 Å². The Balaban J connectivity index is 1.92. The molecular formula is C17H19N7O3. The van der Waals surface area contributed by atoms with Gasteiger partial charge in [-0.25, -0.2) is 9.79 Å². The molecule has 0 radical (unpaired) electrons. The van der Waals surface area contributed by atoms with Crippen LogP contribution in [0.4, 0.5) is 10.5 Å². The average Bonchev–Trinajstić information content (AvgIpc) is 3.14. The summed E-state index contributed by atoms with van der Waals surface area (Å²) in [6.07, 6.45) is 1.64. The van der Waals surface area contributed by atoms with Gasteiger partial charge in [0.2, 0.25) is 11.5 Å². The number of hydrogen-bond donors (Lipinski definition) is 2. The van der Waals surface area contributed by atoms with Crippen LogP contribution in [0.25, 0.3) is 0 Å². The summed E-state index contributed by atoms with van der Waals surface area (Å²) in [5.74, 6) is 0.187. The number of hydrogen-bond acceptors (Lipinski definition) is 7. The highest BCUT2D eigenvalue weighted by Gasteiger charge is 2.29. The van der Waals surface area contributed by atoms with Crippen molar-refractivity contribution in [2.45, 2.75) is 26.7 Å². The maximum Gasteiger partial charge on any atom is 0.319 e. The van der Waals surface area contributed by atoms with Crippen molar-refractivity contribution < 1.29 is 14.3 Å². The van der Waals surface area contributed by atoms with Crippen molar-refractivity contribution in [2.75, 3.05) is 18.5 Å². The van der Waals surface area contributed by atoms with E-state index in [-0.39, 0.29) is 23.4 Å². The fourth-order valence-electron chi connectivity index (χ4n) is 2.34. The van der Waals surface area contributed by atoms with E-state index < -0.39 is 5.91 Å². The third kappa shape index (κ3) is 4.22. The molecule has 0 saturated heterocycles. The maximum atomic E-state index is 12.1. The van der Waals surface area contributed by atoms with E-state index in [0.717, 1.165) is 12.8 Å². The first-order valence-electron chi connectivity index (χ1n) is 8.65. The minimum atomic E-state index is -0.569. The Bertz CT molecular complexity index is 887. The van der Waals surface area contributed by atoms with E-state index in [1.54, 1.807) is 18.2 Å². The zero-order valence-electron chi connectivity index (χ0n) is 15.0. The van der Waals surface area contributed by atoms with Gasteiger partial charge in [-0.2, -0.15) is 4.99 Å². The van der Waals surface area contributed by atoms with E-state index in [1.807, 2.05) is 13.8 Å². The van der Waals surface area contributed by atoms with Crippen LogP contribution in [0.2, 0.25) is 0 Å². The molecule has 3 amide bonds. The van der Waals surface area contributed by atoms with E-state index in [1.165, 1.54) is 0 Å². The first-order chi connectivity index (χ1) is 13.1. The third-order valence-electron chi connectivity index (χ3n) is 3.59. The van der Waals surface area contributed by atoms with E-state index in [9.17, 15) is 9.59 Å². The summed E-state index contributed by atoms with van der Waals surface area (Å²) in [5, 5.41) is 16.3. The number of amides is 3. The molecule has 1 aromatic rings. The molecule has 2 aliphatic heterocycles. The number of rotatable bonds is 7. The smallest absolute Gasteiger partial charge is 0.319 e. The Morgan fingerprint density at radius 2 is 2.00 bits per heavy atom. The highest BCUT2D eigenvalue weighted by molar-refractivity contribution is 6.69. The van der Waals surface area contributed by atoms with Crippen molar-refractivity contribution in [1.29, 1.82) is 0 Å². The van der Waals surface area contributed by atoms with Crippen molar-refractivity contribution in [3.63, 3.8) is 0 Å². The fourth-order valence-corrected chi connectivity index (χ4v) is 2.34. The Labute approximate surface area is 155 Å². The molecule has 27 heavy (non-hydrogen) atoms. The zero-order valence-corrected chi connectivity index (χ0v) is 15.0. The second kappa shape index (κ2) is 8.30. The maximum absolute atomic E-state index is 12.1. The number of aliphatic imine (C=N–C) groups is 2. The molecule has 0 bridgehead atoms. The molecule has 0 saturated carbocycles. The van der Waals surface area contributed by atoms with Crippen LogP contribution in [0.5, 0.6) is 5.75 Å². The molecule has 10 nitrogen and oxygen atoms in total. The van der Waals surface area contributed by atoms with E-state index in [4.69, 9.17) is 4.74 Å². The van der Waals surface area contributed by atoms with Crippen LogP contribution in [0.3, 0.4) is 0 Å². The Morgan fingerprint density at radius 3 is 2.78 bits per heavy atom. The Hall–Kier alpha value is -3.43. The van der Waals surface area contributed by atoms with Crippen molar-refractivity contribution in [1.82, 2.24) is 5.32 Å². The summed E-state index contributed by atoms with van der Waals surface area (Å²) in [6, 6.07) is 4.74. The van der Waals surface area contributed by atoms with E-state index in [0.29, 0.717) is 30.2 Å². The van der Waals surface area contributed by atoms with Crippen molar-refractivity contribution in [3.05, 3.63) is 23.8 Å². The van der Waals surface area contributed by atoms with Gasteiger partial charge in [-0.05, 0) is 36.3 Å². The van der Waals surface area contributed by atoms with E-state index >= 15 is 0 Å². The predicted octanol–water partition coefficient (Wildman–Crippen LogP) is 2.51. The van der Waals surface area contributed by atoms with Gasteiger partial charge in [-0.1, -0.05) is 13.8 Å². The minimum Gasteiger partial charge on any atom is -0.493 e. The molecule has 0 unspecified atom stereocenters. The number of benzene rings is 1. The lowest BCUT2D eigenvalue weighted by atomic mass is 10.1. The van der Waals surface area contributed by atoms with Gasteiger partial charge >= 0.3 is 11.9 Å². The second-order valence-corrected chi connectivity index (χ2v) is 5.75. The highest BCUT2D eigenvalue weighted by atomic mass is 16.5.